The zero-order chi connectivity index (χ0) is 22.4. The fraction of sp³-hybridized carbons (Fsp3) is 0.308. The van der Waals surface area contributed by atoms with E-state index in [1.807, 2.05) is 60.4 Å². The molecule has 0 bridgehead atoms. The number of carbonyl (C=O) groups excluding carboxylic acids is 1. The van der Waals surface area contributed by atoms with Gasteiger partial charge in [0.15, 0.2) is 5.78 Å². The summed E-state index contributed by atoms with van der Waals surface area (Å²) in [5, 5.41) is 15.4. The van der Waals surface area contributed by atoms with Crippen LogP contribution < -0.4 is 0 Å². The van der Waals surface area contributed by atoms with Crippen LogP contribution >= 0.6 is 0 Å². The van der Waals surface area contributed by atoms with Gasteiger partial charge in [-0.05, 0) is 62.9 Å². The zero-order valence-corrected chi connectivity index (χ0v) is 18.6. The van der Waals surface area contributed by atoms with Crippen LogP contribution in [0.5, 0.6) is 0 Å². The molecule has 2 aromatic carbocycles. The molecule has 0 saturated heterocycles. The van der Waals surface area contributed by atoms with Crippen LogP contribution in [-0.2, 0) is 16.1 Å². The Balaban J connectivity index is 1.74. The van der Waals surface area contributed by atoms with Gasteiger partial charge in [-0.15, -0.1) is 0 Å². The highest BCUT2D eigenvalue weighted by Crippen LogP contribution is 2.41. The molecule has 0 aliphatic carbocycles. The first-order valence-electron chi connectivity index (χ1n) is 10.4. The third-order valence-corrected chi connectivity index (χ3v) is 5.75. The number of ketones is 1. The molecule has 2 heterocycles. The van der Waals surface area contributed by atoms with Crippen molar-refractivity contribution in [3.63, 3.8) is 0 Å². The van der Waals surface area contributed by atoms with Crippen LogP contribution in [0.4, 0.5) is 0 Å². The van der Waals surface area contributed by atoms with E-state index in [1.54, 1.807) is 27.7 Å². The number of aromatic nitrogens is 2. The zero-order valence-electron chi connectivity index (χ0n) is 18.6. The number of ether oxygens (including phenoxy) is 1. The molecule has 31 heavy (non-hydrogen) atoms. The number of hydrogen-bond acceptors (Lipinski definition) is 4. The van der Waals surface area contributed by atoms with Gasteiger partial charge < -0.3 is 9.84 Å². The summed E-state index contributed by atoms with van der Waals surface area (Å²) in [7, 11) is 0. The van der Waals surface area contributed by atoms with Crippen molar-refractivity contribution >= 4 is 11.4 Å². The molecule has 0 spiro atoms. The van der Waals surface area contributed by atoms with Gasteiger partial charge in [-0.1, -0.05) is 42.5 Å². The van der Waals surface area contributed by atoms with Crippen molar-refractivity contribution in [1.82, 2.24) is 9.78 Å². The van der Waals surface area contributed by atoms with Gasteiger partial charge in [0, 0.05) is 11.8 Å². The summed E-state index contributed by atoms with van der Waals surface area (Å²) in [6.45, 7) is 9.68. The molecule has 0 atom stereocenters. The standard InChI is InChI=1S/C26H28N2O3/c1-17-11-12-19(20-14-27-28(16-20)15-18-9-7-6-8-10-18)13-21(17)22-23(29)25(2,3)31-26(4,5)24(22)30/h6-14,16,29H,15H2,1-5H3. The van der Waals surface area contributed by atoms with Crippen LogP contribution in [0.15, 0.2) is 66.7 Å². The van der Waals surface area contributed by atoms with E-state index in [-0.39, 0.29) is 11.5 Å². The number of aryl methyl sites for hydroxylation is 1. The van der Waals surface area contributed by atoms with Gasteiger partial charge in [0.25, 0.3) is 0 Å². The van der Waals surface area contributed by atoms with Gasteiger partial charge in [0.05, 0.1) is 18.3 Å². The molecule has 1 aliphatic heterocycles. The predicted molar refractivity (Wildman–Crippen MR) is 122 cm³/mol. The highest BCUT2D eigenvalue weighted by atomic mass is 16.5. The Morgan fingerprint density at radius 3 is 2.42 bits per heavy atom. The number of benzene rings is 2. The summed E-state index contributed by atoms with van der Waals surface area (Å²) < 4.78 is 7.78. The molecule has 4 rings (SSSR count). The molecule has 160 valence electrons. The number of Topliss-reactive ketones (excluding diaryl/α,β-unsaturated/α-hetero) is 1. The molecule has 0 unspecified atom stereocenters. The minimum Gasteiger partial charge on any atom is -0.508 e. The molecular formula is C26H28N2O3. The fourth-order valence-corrected chi connectivity index (χ4v) is 4.13. The number of nitrogens with zero attached hydrogens (tertiary/aromatic N) is 2. The van der Waals surface area contributed by atoms with Gasteiger partial charge in [-0.2, -0.15) is 5.10 Å². The van der Waals surface area contributed by atoms with Gasteiger partial charge >= 0.3 is 0 Å². The lowest BCUT2D eigenvalue weighted by Gasteiger charge is -2.40. The van der Waals surface area contributed by atoms with Crippen LogP contribution in [0.25, 0.3) is 16.7 Å². The highest BCUT2D eigenvalue weighted by molar-refractivity contribution is 6.26. The van der Waals surface area contributed by atoms with E-state index >= 15 is 0 Å². The number of carbonyl (C=O) groups is 1. The second-order valence-corrected chi connectivity index (χ2v) is 9.12. The van der Waals surface area contributed by atoms with Crippen LogP contribution in [0, 0.1) is 6.92 Å². The van der Waals surface area contributed by atoms with Gasteiger partial charge in [-0.3, -0.25) is 9.48 Å². The van der Waals surface area contributed by atoms with Crippen LogP contribution in [-0.4, -0.2) is 31.9 Å². The molecule has 0 amide bonds. The average molecular weight is 417 g/mol. The van der Waals surface area contributed by atoms with E-state index in [0.717, 1.165) is 22.3 Å². The summed E-state index contributed by atoms with van der Waals surface area (Å²) >= 11 is 0. The van der Waals surface area contributed by atoms with E-state index in [4.69, 9.17) is 4.74 Å². The summed E-state index contributed by atoms with van der Waals surface area (Å²) in [6, 6.07) is 16.1. The van der Waals surface area contributed by atoms with Crippen LogP contribution in [0.2, 0.25) is 0 Å². The molecule has 5 nitrogen and oxygen atoms in total. The highest BCUT2D eigenvalue weighted by Gasteiger charge is 2.47. The third-order valence-electron chi connectivity index (χ3n) is 5.75. The summed E-state index contributed by atoms with van der Waals surface area (Å²) in [5.74, 6) is -0.249. The maximum Gasteiger partial charge on any atom is 0.198 e. The fourth-order valence-electron chi connectivity index (χ4n) is 4.13. The minimum absolute atomic E-state index is 0.0307. The van der Waals surface area contributed by atoms with Crippen molar-refractivity contribution in [2.24, 2.45) is 0 Å². The SMILES string of the molecule is Cc1ccc(-c2cnn(Cc3ccccc3)c2)cc1C1=C(O)C(C)(C)OC(C)(C)C1=O. The summed E-state index contributed by atoms with van der Waals surface area (Å²) in [6.07, 6.45) is 3.82. The minimum atomic E-state index is -1.02. The van der Waals surface area contributed by atoms with Gasteiger partial charge in [0.1, 0.15) is 17.0 Å². The number of hydrogen-bond donors (Lipinski definition) is 1. The van der Waals surface area contributed by atoms with Crippen molar-refractivity contribution < 1.29 is 14.6 Å². The van der Waals surface area contributed by atoms with E-state index in [2.05, 4.69) is 17.2 Å². The first-order valence-corrected chi connectivity index (χ1v) is 10.4. The Hall–Kier alpha value is -3.18. The van der Waals surface area contributed by atoms with Gasteiger partial charge in [-0.25, -0.2) is 0 Å². The molecule has 1 N–H and O–H groups in total. The number of aliphatic hydroxyl groups excluding tert-OH is 1. The molecule has 3 aromatic rings. The Bertz CT molecular complexity index is 1170. The second kappa shape index (κ2) is 7.50. The Morgan fingerprint density at radius 1 is 1.00 bits per heavy atom. The molecule has 1 aliphatic rings. The smallest absolute Gasteiger partial charge is 0.198 e. The average Bonchev–Trinajstić information content (AvgIpc) is 3.17. The normalized spacial score (nSPS) is 17.8. The van der Waals surface area contributed by atoms with Crippen molar-refractivity contribution in [1.29, 1.82) is 0 Å². The van der Waals surface area contributed by atoms with E-state index in [9.17, 15) is 9.90 Å². The lowest BCUT2D eigenvalue weighted by atomic mass is 9.81. The molecule has 0 fully saturated rings. The first-order chi connectivity index (χ1) is 14.6. The lowest BCUT2D eigenvalue weighted by molar-refractivity contribution is -0.158. The van der Waals surface area contributed by atoms with Crippen LogP contribution in [0.3, 0.4) is 0 Å². The largest absolute Gasteiger partial charge is 0.508 e. The second-order valence-electron chi connectivity index (χ2n) is 9.12. The monoisotopic (exact) mass is 416 g/mol. The maximum atomic E-state index is 13.2. The van der Waals surface area contributed by atoms with Gasteiger partial charge in [0.2, 0.25) is 0 Å². The van der Waals surface area contributed by atoms with E-state index < -0.39 is 11.2 Å². The first kappa shape index (κ1) is 21.1. The van der Waals surface area contributed by atoms with Crippen molar-refractivity contribution in [2.45, 2.75) is 52.4 Å². The number of rotatable bonds is 4. The van der Waals surface area contributed by atoms with Crippen molar-refractivity contribution in [3.05, 3.63) is 83.4 Å². The number of aliphatic hydroxyl groups is 1. The molecular weight excluding hydrogens is 388 g/mol. The summed E-state index contributed by atoms with van der Waals surface area (Å²) in [5.41, 5.74) is 3.07. The Labute approximate surface area is 183 Å². The third kappa shape index (κ3) is 3.93. The maximum absolute atomic E-state index is 13.2. The van der Waals surface area contributed by atoms with E-state index in [0.29, 0.717) is 12.1 Å². The van der Waals surface area contributed by atoms with Crippen molar-refractivity contribution in [3.8, 4) is 11.1 Å². The van der Waals surface area contributed by atoms with E-state index in [1.165, 1.54) is 5.56 Å². The van der Waals surface area contributed by atoms with Crippen molar-refractivity contribution in [2.75, 3.05) is 0 Å². The quantitative estimate of drug-likeness (QED) is 0.624. The molecule has 0 saturated carbocycles. The predicted octanol–water partition coefficient (Wildman–Crippen LogP) is 5.33. The lowest BCUT2D eigenvalue weighted by Crippen LogP contribution is -2.49. The topological polar surface area (TPSA) is 64.3 Å². The molecule has 1 aromatic heterocycles. The Kier molecular flexibility index (Phi) is 5.10. The molecule has 5 heteroatoms. The summed E-state index contributed by atoms with van der Waals surface area (Å²) in [4.78, 5) is 13.2. The van der Waals surface area contributed by atoms with Crippen LogP contribution in [0.1, 0.15) is 44.4 Å². The molecule has 0 radical (unpaired) electrons. The Morgan fingerprint density at radius 2 is 1.71 bits per heavy atom.